The summed E-state index contributed by atoms with van der Waals surface area (Å²) in [6.45, 7) is 0.565. The van der Waals surface area contributed by atoms with Crippen molar-refractivity contribution >= 4 is 12.6 Å². The van der Waals surface area contributed by atoms with Crippen LogP contribution in [0.2, 0.25) is 0 Å². The van der Waals surface area contributed by atoms with Crippen molar-refractivity contribution in [3.8, 4) is 16.9 Å². The normalized spacial score (nSPS) is 24.4. The highest BCUT2D eigenvalue weighted by molar-refractivity contribution is 5.81. The number of benzene rings is 3. The fraction of sp³-hybridized carbons (Fsp3) is 0.172. The molecule has 5 heteroatoms. The first-order valence-electron chi connectivity index (χ1n) is 11.8. The molecule has 2 heterocycles. The molecule has 0 bridgehead atoms. The van der Waals surface area contributed by atoms with Crippen LogP contribution >= 0.6 is 0 Å². The maximum Gasteiger partial charge on any atom is 0.219 e. The van der Waals surface area contributed by atoms with Crippen molar-refractivity contribution in [3.63, 3.8) is 0 Å². The van der Waals surface area contributed by atoms with Crippen molar-refractivity contribution in [3.05, 3.63) is 114 Å². The maximum atomic E-state index is 6.13. The highest BCUT2D eigenvalue weighted by Gasteiger charge is 2.41. The zero-order valence-electron chi connectivity index (χ0n) is 18.9. The molecule has 34 heavy (non-hydrogen) atoms. The molecule has 3 aliphatic rings. The van der Waals surface area contributed by atoms with Crippen LogP contribution in [0.4, 0.5) is 0 Å². The molecule has 0 radical (unpaired) electrons. The summed E-state index contributed by atoms with van der Waals surface area (Å²) >= 11 is 0. The maximum absolute atomic E-state index is 6.13. The standard InChI is InChI=1S/C29H27N4O/c1-2-5-23(6-3-1)24-11-9-22(10-12-24)20-34-29-8-4-7-25(17-29)26-15-27(16-26)32-33-14-13-30-18-28(33)19-31-21-33/h1-14,17-19,21,26-27,32H,15-16,20H2/q+1. The van der Waals surface area contributed by atoms with Gasteiger partial charge < -0.3 is 4.74 Å². The van der Waals surface area contributed by atoms with Gasteiger partial charge in [0.25, 0.3) is 0 Å². The molecule has 6 rings (SSSR count). The lowest BCUT2D eigenvalue weighted by atomic mass is 9.76. The molecule has 1 saturated carbocycles. The van der Waals surface area contributed by atoms with Gasteiger partial charge in [0.05, 0.1) is 24.7 Å². The molecule has 0 spiro atoms. The highest BCUT2D eigenvalue weighted by Crippen LogP contribution is 2.39. The van der Waals surface area contributed by atoms with E-state index < -0.39 is 0 Å². The van der Waals surface area contributed by atoms with Gasteiger partial charge in [-0.05, 0) is 53.1 Å². The lowest BCUT2D eigenvalue weighted by Gasteiger charge is -2.40. The zero-order valence-corrected chi connectivity index (χ0v) is 18.9. The van der Waals surface area contributed by atoms with Crippen LogP contribution in [0.15, 0.2) is 113 Å². The summed E-state index contributed by atoms with van der Waals surface area (Å²) in [5.74, 6) is 1.47. The quantitative estimate of drug-likeness (QED) is 0.456. The first kappa shape index (κ1) is 20.8. The smallest absolute Gasteiger partial charge is 0.219 e. The largest absolute Gasteiger partial charge is 0.489 e. The molecule has 0 aromatic heterocycles. The van der Waals surface area contributed by atoms with Crippen LogP contribution in [0, 0.1) is 0 Å². The first-order valence-corrected chi connectivity index (χ1v) is 11.8. The predicted octanol–water partition coefficient (Wildman–Crippen LogP) is 5.94. The Morgan fingerprint density at radius 3 is 2.56 bits per heavy atom. The third kappa shape index (κ3) is 4.12. The summed E-state index contributed by atoms with van der Waals surface area (Å²) in [5.41, 5.74) is 9.74. The molecule has 1 N–H and O–H groups in total. The van der Waals surface area contributed by atoms with E-state index in [4.69, 9.17) is 4.74 Å². The van der Waals surface area contributed by atoms with Crippen LogP contribution in [-0.2, 0) is 6.61 Å². The molecule has 0 amide bonds. The van der Waals surface area contributed by atoms with E-state index in [1.165, 1.54) is 22.3 Å². The van der Waals surface area contributed by atoms with E-state index in [0.717, 1.165) is 24.3 Å². The van der Waals surface area contributed by atoms with E-state index in [-0.39, 0.29) is 0 Å². The number of ether oxygens (including phenoxy) is 1. The van der Waals surface area contributed by atoms with E-state index in [0.29, 0.717) is 23.2 Å². The summed E-state index contributed by atoms with van der Waals surface area (Å²) in [6.07, 6.45) is 11.7. The molecule has 5 nitrogen and oxygen atoms in total. The Balaban J connectivity index is 1.04. The first-order chi connectivity index (χ1) is 16.8. The number of quaternary nitrogens is 1. The van der Waals surface area contributed by atoms with Crippen molar-refractivity contribution in [1.29, 1.82) is 0 Å². The van der Waals surface area contributed by atoms with Crippen molar-refractivity contribution in [2.24, 2.45) is 9.98 Å². The zero-order chi connectivity index (χ0) is 22.8. The lowest BCUT2D eigenvalue weighted by molar-refractivity contribution is -0.788. The number of rotatable bonds is 7. The fourth-order valence-corrected chi connectivity index (χ4v) is 4.79. The van der Waals surface area contributed by atoms with Gasteiger partial charge in [-0.2, -0.15) is 0 Å². The van der Waals surface area contributed by atoms with Gasteiger partial charge in [0.2, 0.25) is 6.34 Å². The highest BCUT2D eigenvalue weighted by atomic mass is 16.5. The van der Waals surface area contributed by atoms with E-state index in [1.807, 2.05) is 43.3 Å². The minimum atomic E-state index is 0.432. The van der Waals surface area contributed by atoms with Gasteiger partial charge in [0, 0.05) is 0 Å². The second kappa shape index (κ2) is 8.86. The van der Waals surface area contributed by atoms with Crippen LogP contribution in [0.3, 0.4) is 0 Å². The summed E-state index contributed by atoms with van der Waals surface area (Å²) in [6, 6.07) is 28.0. The summed E-state index contributed by atoms with van der Waals surface area (Å²) in [5, 5.41) is 0. The molecule has 2 aliphatic heterocycles. The van der Waals surface area contributed by atoms with Crippen molar-refractivity contribution < 1.29 is 9.33 Å². The van der Waals surface area contributed by atoms with E-state index >= 15 is 0 Å². The van der Waals surface area contributed by atoms with Crippen LogP contribution in [0.25, 0.3) is 11.1 Å². The lowest BCUT2D eigenvalue weighted by Crippen LogP contribution is -2.58. The Bertz CT molecular complexity index is 1290. The Labute approximate surface area is 200 Å². The Hall–Kier alpha value is -3.80. The van der Waals surface area contributed by atoms with Crippen LogP contribution in [0.1, 0.15) is 29.9 Å². The van der Waals surface area contributed by atoms with E-state index in [2.05, 4.69) is 82.1 Å². The van der Waals surface area contributed by atoms with E-state index in [1.54, 1.807) is 0 Å². The Kier molecular flexibility index (Phi) is 5.41. The number of nitrogens with one attached hydrogen (secondary N) is 1. The molecular formula is C29H27N4O+. The molecular weight excluding hydrogens is 420 g/mol. The molecule has 1 fully saturated rings. The molecule has 0 saturated heterocycles. The minimum Gasteiger partial charge on any atom is -0.489 e. The summed E-state index contributed by atoms with van der Waals surface area (Å²) < 4.78 is 6.60. The SMILES string of the molecule is C1=C[N+]2(NC3CC(c4cccc(OCc5ccc(-c6ccccc6)cc5)c4)C3)C=NC=C2C=N1. The fourth-order valence-electron chi connectivity index (χ4n) is 4.79. The third-order valence-electron chi connectivity index (χ3n) is 6.81. The number of nitrogens with zero attached hydrogens (tertiary/aromatic N) is 3. The number of aliphatic imine (C=N–C) groups is 2. The topological polar surface area (TPSA) is 46.0 Å². The second-order valence-electron chi connectivity index (χ2n) is 9.09. The average molecular weight is 448 g/mol. The van der Waals surface area contributed by atoms with Gasteiger partial charge in [0.1, 0.15) is 18.6 Å². The average Bonchev–Trinajstić information content (AvgIpc) is 3.30. The van der Waals surface area contributed by atoms with Crippen LogP contribution in [-0.4, -0.2) is 23.2 Å². The Morgan fingerprint density at radius 1 is 0.882 bits per heavy atom. The number of allylic oxidation sites excluding steroid dienone is 1. The van der Waals surface area contributed by atoms with Crippen molar-refractivity contribution in [1.82, 2.24) is 5.43 Å². The van der Waals surface area contributed by atoms with Gasteiger partial charge in [-0.1, -0.05) is 66.7 Å². The van der Waals surface area contributed by atoms with Gasteiger partial charge in [0.15, 0.2) is 5.70 Å². The van der Waals surface area contributed by atoms with Crippen LogP contribution in [0.5, 0.6) is 5.75 Å². The van der Waals surface area contributed by atoms with Crippen LogP contribution < -0.4 is 10.2 Å². The van der Waals surface area contributed by atoms with Gasteiger partial charge >= 0.3 is 0 Å². The van der Waals surface area contributed by atoms with Gasteiger partial charge in [-0.15, -0.1) is 10.0 Å². The summed E-state index contributed by atoms with van der Waals surface area (Å²) in [7, 11) is 0. The minimum absolute atomic E-state index is 0.432. The van der Waals surface area contributed by atoms with Crippen molar-refractivity contribution in [2.75, 3.05) is 0 Å². The number of hydrogen-bond donors (Lipinski definition) is 1. The second-order valence-corrected chi connectivity index (χ2v) is 9.09. The monoisotopic (exact) mass is 447 g/mol. The van der Waals surface area contributed by atoms with Gasteiger partial charge in [-0.3, -0.25) is 4.99 Å². The summed E-state index contributed by atoms with van der Waals surface area (Å²) in [4.78, 5) is 8.55. The predicted molar refractivity (Wildman–Crippen MR) is 136 cm³/mol. The molecule has 168 valence electrons. The molecule has 3 aromatic rings. The third-order valence-corrected chi connectivity index (χ3v) is 6.81. The molecule has 1 aliphatic carbocycles. The Morgan fingerprint density at radius 2 is 1.71 bits per heavy atom. The molecule has 1 unspecified atom stereocenters. The van der Waals surface area contributed by atoms with Crippen molar-refractivity contribution in [2.45, 2.75) is 31.4 Å². The van der Waals surface area contributed by atoms with Gasteiger partial charge in [-0.25, -0.2) is 4.99 Å². The molecule has 3 aromatic carbocycles. The molecule has 1 atom stereocenters. The number of fused-ring (bicyclic) bond motifs is 1. The van der Waals surface area contributed by atoms with E-state index in [9.17, 15) is 0 Å². The number of hydrogen-bond acceptors (Lipinski definition) is 4.